The van der Waals surface area contributed by atoms with Crippen molar-refractivity contribution in [2.75, 3.05) is 13.2 Å². The van der Waals surface area contributed by atoms with Crippen LogP contribution in [0, 0.1) is 18.8 Å². The van der Waals surface area contributed by atoms with Crippen molar-refractivity contribution in [1.29, 1.82) is 0 Å². The molecule has 1 aliphatic heterocycles. The first-order chi connectivity index (χ1) is 12.7. The highest BCUT2D eigenvalue weighted by Gasteiger charge is 2.15. The monoisotopic (exact) mass is 363 g/mol. The van der Waals surface area contributed by atoms with Crippen LogP contribution >= 0.6 is 11.6 Å². The molecule has 1 saturated heterocycles. The van der Waals surface area contributed by atoms with Crippen molar-refractivity contribution in [2.24, 2.45) is 0 Å². The minimum Gasteiger partial charge on any atom is -0.381 e. The summed E-state index contributed by atoms with van der Waals surface area (Å²) in [5, 5.41) is 2.37. The van der Waals surface area contributed by atoms with Gasteiger partial charge in [-0.1, -0.05) is 23.6 Å². The predicted molar refractivity (Wildman–Crippen MR) is 102 cm³/mol. The van der Waals surface area contributed by atoms with Crippen molar-refractivity contribution in [3.05, 3.63) is 64.5 Å². The molecule has 0 unspecified atom stereocenters. The molecular weight excluding hydrogens is 346 g/mol. The standard InChI is InChI=1S/C21H18ClN3O/c1-14-20-13-25-21(22)10-19(20)17(12-23-14)3-5-18-4-2-16(11-24-18)15-6-8-26-9-7-15/h2,4,10-13,15H,6-9H2,1H3. The second-order valence-electron chi connectivity index (χ2n) is 6.42. The van der Waals surface area contributed by atoms with E-state index in [9.17, 15) is 0 Å². The number of pyridine rings is 3. The van der Waals surface area contributed by atoms with Crippen LogP contribution in [0.3, 0.4) is 0 Å². The van der Waals surface area contributed by atoms with Gasteiger partial charge >= 0.3 is 0 Å². The molecule has 1 aliphatic rings. The third-order valence-electron chi connectivity index (χ3n) is 4.74. The largest absolute Gasteiger partial charge is 0.381 e. The van der Waals surface area contributed by atoms with Crippen molar-refractivity contribution in [1.82, 2.24) is 15.0 Å². The second-order valence-corrected chi connectivity index (χ2v) is 6.81. The summed E-state index contributed by atoms with van der Waals surface area (Å²) in [6.07, 6.45) is 7.57. The molecular formula is C21H18ClN3O. The van der Waals surface area contributed by atoms with Crippen LogP contribution in [0.4, 0.5) is 0 Å². The summed E-state index contributed by atoms with van der Waals surface area (Å²) >= 11 is 6.05. The smallest absolute Gasteiger partial charge is 0.129 e. The van der Waals surface area contributed by atoms with Gasteiger partial charge in [0.1, 0.15) is 10.8 Å². The van der Waals surface area contributed by atoms with Gasteiger partial charge in [-0.05, 0) is 49.3 Å². The molecule has 4 nitrogen and oxygen atoms in total. The van der Waals surface area contributed by atoms with E-state index >= 15 is 0 Å². The number of rotatable bonds is 1. The number of hydrogen-bond acceptors (Lipinski definition) is 4. The van der Waals surface area contributed by atoms with E-state index in [1.807, 2.05) is 25.3 Å². The molecule has 1 fully saturated rings. The van der Waals surface area contributed by atoms with Gasteiger partial charge in [0.15, 0.2) is 0 Å². The minimum atomic E-state index is 0.449. The predicted octanol–water partition coefficient (Wildman–Crippen LogP) is 4.28. The first-order valence-electron chi connectivity index (χ1n) is 8.67. The van der Waals surface area contributed by atoms with Gasteiger partial charge in [0.2, 0.25) is 0 Å². The maximum atomic E-state index is 6.05. The van der Waals surface area contributed by atoms with Gasteiger partial charge in [-0.3, -0.25) is 4.98 Å². The number of hydrogen-bond donors (Lipinski definition) is 0. The Balaban J connectivity index is 1.62. The van der Waals surface area contributed by atoms with Gasteiger partial charge in [-0.2, -0.15) is 0 Å². The summed E-state index contributed by atoms with van der Waals surface area (Å²) in [7, 11) is 0. The molecule has 0 N–H and O–H groups in total. The fourth-order valence-electron chi connectivity index (χ4n) is 3.22. The third kappa shape index (κ3) is 3.55. The molecule has 0 aliphatic carbocycles. The molecule has 0 aromatic carbocycles. The van der Waals surface area contributed by atoms with Crippen molar-refractivity contribution < 1.29 is 4.74 Å². The number of fused-ring (bicyclic) bond motifs is 1. The van der Waals surface area contributed by atoms with Crippen LogP contribution in [0.25, 0.3) is 10.8 Å². The van der Waals surface area contributed by atoms with Gasteiger partial charge in [0.05, 0.1) is 5.56 Å². The fraction of sp³-hybridized carbons (Fsp3) is 0.286. The maximum Gasteiger partial charge on any atom is 0.129 e. The fourth-order valence-corrected chi connectivity index (χ4v) is 3.38. The molecule has 26 heavy (non-hydrogen) atoms. The normalized spacial score (nSPS) is 14.8. The topological polar surface area (TPSA) is 47.9 Å². The highest BCUT2D eigenvalue weighted by molar-refractivity contribution is 6.30. The van der Waals surface area contributed by atoms with Crippen LogP contribution in [0.15, 0.2) is 36.8 Å². The molecule has 0 bridgehead atoms. The Bertz CT molecular complexity index is 999. The van der Waals surface area contributed by atoms with E-state index < -0.39 is 0 Å². The van der Waals surface area contributed by atoms with Crippen LogP contribution in [-0.2, 0) is 4.74 Å². The number of aromatic nitrogens is 3. The van der Waals surface area contributed by atoms with E-state index in [1.165, 1.54) is 5.56 Å². The highest BCUT2D eigenvalue weighted by atomic mass is 35.5. The first kappa shape index (κ1) is 17.0. The summed E-state index contributed by atoms with van der Waals surface area (Å²) < 4.78 is 5.42. The first-order valence-corrected chi connectivity index (χ1v) is 9.05. The molecule has 0 radical (unpaired) electrons. The number of ether oxygens (including phenoxy) is 1. The number of halogens is 1. The summed E-state index contributed by atoms with van der Waals surface area (Å²) in [4.78, 5) is 13.1. The van der Waals surface area contributed by atoms with Gasteiger partial charge in [-0.25, -0.2) is 9.97 Å². The summed E-state index contributed by atoms with van der Waals surface area (Å²) in [5.41, 5.74) is 3.74. The lowest BCUT2D eigenvalue weighted by Crippen LogP contribution is -2.14. The molecule has 130 valence electrons. The Morgan fingerprint density at radius 1 is 1.00 bits per heavy atom. The Kier molecular flexibility index (Phi) is 4.83. The molecule has 4 heterocycles. The van der Waals surface area contributed by atoms with Gasteiger partial charge in [0, 0.05) is 48.3 Å². The van der Waals surface area contributed by atoms with E-state index in [0.717, 1.165) is 53.8 Å². The second kappa shape index (κ2) is 7.41. The van der Waals surface area contributed by atoms with Crippen LogP contribution in [-0.4, -0.2) is 28.2 Å². The molecule has 0 atom stereocenters. The average molecular weight is 364 g/mol. The highest BCUT2D eigenvalue weighted by Crippen LogP contribution is 2.26. The zero-order valence-electron chi connectivity index (χ0n) is 14.5. The lowest BCUT2D eigenvalue weighted by molar-refractivity contribution is 0.0853. The third-order valence-corrected chi connectivity index (χ3v) is 4.95. The van der Waals surface area contributed by atoms with Crippen molar-refractivity contribution in [3.8, 4) is 11.8 Å². The average Bonchev–Trinajstić information content (AvgIpc) is 2.68. The van der Waals surface area contributed by atoms with Crippen molar-refractivity contribution in [2.45, 2.75) is 25.7 Å². The van der Waals surface area contributed by atoms with Gasteiger partial charge in [-0.15, -0.1) is 0 Å². The Labute approximate surface area is 157 Å². The number of aryl methyl sites for hydroxylation is 1. The lowest BCUT2D eigenvalue weighted by atomic mass is 9.93. The van der Waals surface area contributed by atoms with Gasteiger partial charge in [0.25, 0.3) is 0 Å². The number of nitrogens with zero attached hydrogens (tertiary/aromatic N) is 3. The molecule has 4 rings (SSSR count). The van der Waals surface area contributed by atoms with E-state index in [-0.39, 0.29) is 0 Å². The molecule has 3 aromatic heterocycles. The molecule has 0 saturated carbocycles. The summed E-state index contributed by atoms with van der Waals surface area (Å²) in [6, 6.07) is 5.94. The van der Waals surface area contributed by atoms with Crippen LogP contribution in [0.1, 0.15) is 41.3 Å². The van der Waals surface area contributed by atoms with E-state index in [1.54, 1.807) is 12.4 Å². The Morgan fingerprint density at radius 3 is 2.62 bits per heavy atom. The zero-order valence-corrected chi connectivity index (χ0v) is 15.3. The maximum absolute atomic E-state index is 6.05. The van der Waals surface area contributed by atoms with E-state index in [2.05, 4.69) is 32.9 Å². The molecule has 0 amide bonds. The molecule has 0 spiro atoms. The Hall–Kier alpha value is -2.48. The van der Waals surface area contributed by atoms with Crippen LogP contribution < -0.4 is 0 Å². The zero-order chi connectivity index (χ0) is 17.9. The quantitative estimate of drug-likeness (QED) is 0.478. The van der Waals surface area contributed by atoms with Crippen LogP contribution in [0.2, 0.25) is 5.15 Å². The van der Waals surface area contributed by atoms with Gasteiger partial charge < -0.3 is 4.74 Å². The summed E-state index contributed by atoms with van der Waals surface area (Å²) in [6.45, 7) is 3.61. The van der Waals surface area contributed by atoms with Crippen molar-refractivity contribution >= 4 is 22.4 Å². The van der Waals surface area contributed by atoms with Crippen LogP contribution in [0.5, 0.6) is 0 Å². The van der Waals surface area contributed by atoms with Crippen molar-refractivity contribution in [3.63, 3.8) is 0 Å². The Morgan fingerprint density at radius 2 is 1.85 bits per heavy atom. The molecule has 3 aromatic rings. The minimum absolute atomic E-state index is 0.449. The van der Waals surface area contributed by atoms with E-state index in [4.69, 9.17) is 16.3 Å². The SMILES string of the molecule is Cc1ncc(C#Cc2ccc(C3CCOCC3)cn2)c2cc(Cl)ncc12. The molecule has 5 heteroatoms. The lowest BCUT2D eigenvalue weighted by Gasteiger charge is -2.21. The van der Waals surface area contributed by atoms with E-state index in [0.29, 0.717) is 11.1 Å². The summed E-state index contributed by atoms with van der Waals surface area (Å²) in [5.74, 6) is 6.85.